The Morgan fingerprint density at radius 2 is 2.05 bits per heavy atom. The van der Waals surface area contributed by atoms with Gasteiger partial charge in [0.05, 0.1) is 11.7 Å². The molecule has 1 aromatic rings. The van der Waals surface area contributed by atoms with Gasteiger partial charge in [0.1, 0.15) is 0 Å². The van der Waals surface area contributed by atoms with Gasteiger partial charge in [-0.05, 0) is 71.3 Å². The Morgan fingerprint density at radius 1 is 1.37 bits per heavy atom. The van der Waals surface area contributed by atoms with E-state index in [0.29, 0.717) is 6.04 Å². The summed E-state index contributed by atoms with van der Waals surface area (Å²) in [4.78, 5) is 0. The lowest BCUT2D eigenvalue weighted by atomic mass is 9.95. The predicted molar refractivity (Wildman–Crippen MR) is 76.4 cm³/mol. The van der Waals surface area contributed by atoms with Crippen molar-refractivity contribution in [3.8, 4) is 0 Å². The SMILES string of the molecule is CCNC(c1c(Br)nnn1C)C1C2C3CCC(C3)C21. The monoisotopic (exact) mass is 324 g/mol. The lowest BCUT2D eigenvalue weighted by Gasteiger charge is -2.21. The van der Waals surface area contributed by atoms with Gasteiger partial charge in [0.15, 0.2) is 4.60 Å². The fourth-order valence-electron chi connectivity index (χ4n) is 5.14. The van der Waals surface area contributed by atoms with Crippen molar-refractivity contribution in [2.75, 3.05) is 6.54 Å². The molecule has 0 aliphatic heterocycles. The molecule has 1 heterocycles. The molecule has 5 atom stereocenters. The predicted octanol–water partition coefficient (Wildman–Crippen LogP) is 2.52. The van der Waals surface area contributed by atoms with E-state index in [4.69, 9.17) is 0 Å². The van der Waals surface area contributed by atoms with Gasteiger partial charge in [-0.15, -0.1) is 5.10 Å². The summed E-state index contributed by atoms with van der Waals surface area (Å²) in [5.74, 6) is 4.80. The quantitative estimate of drug-likeness (QED) is 0.925. The van der Waals surface area contributed by atoms with Gasteiger partial charge in [0, 0.05) is 7.05 Å². The van der Waals surface area contributed by atoms with Crippen molar-refractivity contribution < 1.29 is 0 Å². The van der Waals surface area contributed by atoms with Crippen molar-refractivity contribution in [3.63, 3.8) is 0 Å². The second-order valence-corrected chi connectivity index (χ2v) is 7.24. The van der Waals surface area contributed by atoms with Crippen molar-refractivity contribution in [3.05, 3.63) is 10.3 Å². The summed E-state index contributed by atoms with van der Waals surface area (Å²) in [7, 11) is 2.00. The normalized spacial score (nSPS) is 40.5. The van der Waals surface area contributed by atoms with Crippen LogP contribution in [0.3, 0.4) is 0 Å². The molecule has 0 saturated heterocycles. The zero-order valence-electron chi connectivity index (χ0n) is 11.5. The van der Waals surface area contributed by atoms with E-state index in [1.54, 1.807) is 0 Å². The molecule has 3 fully saturated rings. The van der Waals surface area contributed by atoms with E-state index < -0.39 is 0 Å². The summed E-state index contributed by atoms with van der Waals surface area (Å²) in [6, 6.07) is 0.428. The molecule has 0 aromatic carbocycles. The first kappa shape index (κ1) is 12.3. The third kappa shape index (κ3) is 1.67. The summed E-state index contributed by atoms with van der Waals surface area (Å²) in [5, 5.41) is 12.0. The summed E-state index contributed by atoms with van der Waals surface area (Å²) in [6.07, 6.45) is 4.47. The topological polar surface area (TPSA) is 42.7 Å². The molecule has 0 radical (unpaired) electrons. The highest BCUT2D eigenvalue weighted by Crippen LogP contribution is 2.72. The highest BCUT2D eigenvalue weighted by molar-refractivity contribution is 9.10. The third-order valence-electron chi connectivity index (χ3n) is 5.73. The third-order valence-corrected chi connectivity index (χ3v) is 6.29. The van der Waals surface area contributed by atoms with Crippen molar-refractivity contribution in [1.29, 1.82) is 0 Å². The molecular weight excluding hydrogens is 304 g/mol. The van der Waals surface area contributed by atoms with Crippen molar-refractivity contribution in [2.24, 2.45) is 36.6 Å². The van der Waals surface area contributed by atoms with Gasteiger partial charge in [0.25, 0.3) is 0 Å². The Morgan fingerprint density at radius 3 is 2.58 bits per heavy atom. The number of nitrogens with zero attached hydrogens (tertiary/aromatic N) is 3. The van der Waals surface area contributed by atoms with E-state index >= 15 is 0 Å². The van der Waals surface area contributed by atoms with Crippen molar-refractivity contribution in [1.82, 2.24) is 20.3 Å². The fraction of sp³-hybridized carbons (Fsp3) is 0.857. The highest BCUT2D eigenvalue weighted by Gasteiger charge is 2.67. The largest absolute Gasteiger partial charge is 0.309 e. The van der Waals surface area contributed by atoms with Crippen LogP contribution in [0.4, 0.5) is 0 Å². The number of aryl methyl sites for hydroxylation is 1. The Hall–Kier alpha value is -0.420. The molecule has 104 valence electrons. The van der Waals surface area contributed by atoms with Gasteiger partial charge in [-0.25, -0.2) is 4.68 Å². The van der Waals surface area contributed by atoms with E-state index in [2.05, 4.69) is 38.5 Å². The van der Waals surface area contributed by atoms with Gasteiger partial charge in [-0.3, -0.25) is 0 Å². The standard InChI is InChI=1S/C14H21BrN4/c1-3-16-12(13-14(15)17-18-19(13)2)11-9-7-4-5-8(6-7)10(9)11/h7-12,16H,3-6H2,1-2H3. The minimum absolute atomic E-state index is 0.428. The van der Waals surface area contributed by atoms with E-state index in [0.717, 1.165) is 40.7 Å². The molecule has 1 N–H and O–H groups in total. The van der Waals surface area contributed by atoms with E-state index in [9.17, 15) is 0 Å². The van der Waals surface area contributed by atoms with Crippen LogP contribution in [-0.2, 0) is 7.05 Å². The molecule has 1 aromatic heterocycles. The molecule has 0 spiro atoms. The van der Waals surface area contributed by atoms with Crippen LogP contribution in [-0.4, -0.2) is 21.5 Å². The molecule has 4 nitrogen and oxygen atoms in total. The van der Waals surface area contributed by atoms with Crippen molar-refractivity contribution in [2.45, 2.75) is 32.2 Å². The maximum absolute atomic E-state index is 4.17. The Bertz CT molecular complexity index is 464. The molecule has 5 heteroatoms. The van der Waals surface area contributed by atoms with E-state index in [-0.39, 0.29) is 0 Å². The molecule has 3 aliphatic carbocycles. The smallest absolute Gasteiger partial charge is 0.153 e. The van der Waals surface area contributed by atoms with Crippen LogP contribution in [0.1, 0.15) is 37.9 Å². The molecule has 5 unspecified atom stereocenters. The number of nitrogens with one attached hydrogen (secondary N) is 1. The first-order valence-corrected chi connectivity index (χ1v) is 8.30. The Labute approximate surface area is 122 Å². The zero-order chi connectivity index (χ0) is 13.1. The van der Waals surface area contributed by atoms with Gasteiger partial charge in [0.2, 0.25) is 0 Å². The van der Waals surface area contributed by atoms with Crippen LogP contribution in [0.15, 0.2) is 4.60 Å². The Kier molecular flexibility index (Phi) is 2.78. The lowest BCUT2D eigenvalue weighted by molar-refractivity contribution is 0.360. The first-order valence-electron chi connectivity index (χ1n) is 7.50. The molecule has 3 saturated carbocycles. The van der Waals surface area contributed by atoms with Crippen LogP contribution in [0.2, 0.25) is 0 Å². The summed E-state index contributed by atoms with van der Waals surface area (Å²) < 4.78 is 2.85. The number of halogens is 1. The molecule has 4 rings (SSSR count). The zero-order valence-corrected chi connectivity index (χ0v) is 13.1. The van der Waals surface area contributed by atoms with Gasteiger partial charge < -0.3 is 5.32 Å². The molecular formula is C14H21BrN4. The van der Waals surface area contributed by atoms with Crippen molar-refractivity contribution >= 4 is 15.9 Å². The van der Waals surface area contributed by atoms with Crippen LogP contribution in [0.5, 0.6) is 0 Å². The summed E-state index contributed by atoms with van der Waals surface area (Å²) >= 11 is 3.58. The number of aromatic nitrogens is 3. The lowest BCUT2D eigenvalue weighted by Crippen LogP contribution is -2.27. The molecule has 19 heavy (non-hydrogen) atoms. The average Bonchev–Trinajstić information content (AvgIpc) is 2.70. The minimum atomic E-state index is 0.428. The second kappa shape index (κ2) is 4.29. The molecule has 0 amide bonds. The molecule has 3 aliphatic rings. The number of hydrogen-bond acceptors (Lipinski definition) is 3. The van der Waals surface area contributed by atoms with Crippen LogP contribution >= 0.6 is 15.9 Å². The number of hydrogen-bond donors (Lipinski definition) is 1. The van der Waals surface area contributed by atoms with E-state index in [1.807, 2.05) is 11.7 Å². The minimum Gasteiger partial charge on any atom is -0.309 e. The average molecular weight is 325 g/mol. The fourth-order valence-corrected chi connectivity index (χ4v) is 5.72. The number of rotatable bonds is 4. The highest BCUT2D eigenvalue weighted by atomic mass is 79.9. The van der Waals surface area contributed by atoms with Gasteiger partial charge >= 0.3 is 0 Å². The molecule has 2 bridgehead atoms. The van der Waals surface area contributed by atoms with E-state index in [1.165, 1.54) is 25.0 Å². The van der Waals surface area contributed by atoms with Crippen LogP contribution in [0, 0.1) is 29.6 Å². The first-order chi connectivity index (χ1) is 9.22. The van der Waals surface area contributed by atoms with Crippen LogP contribution < -0.4 is 5.32 Å². The van der Waals surface area contributed by atoms with Gasteiger partial charge in [-0.1, -0.05) is 12.1 Å². The number of fused-ring (bicyclic) bond motifs is 5. The van der Waals surface area contributed by atoms with Crippen LogP contribution in [0.25, 0.3) is 0 Å². The maximum Gasteiger partial charge on any atom is 0.153 e. The summed E-state index contributed by atoms with van der Waals surface area (Å²) in [6.45, 7) is 3.20. The second-order valence-electron chi connectivity index (χ2n) is 6.49. The Balaban J connectivity index is 1.64. The van der Waals surface area contributed by atoms with Gasteiger partial charge in [-0.2, -0.15) is 0 Å². The summed E-state index contributed by atoms with van der Waals surface area (Å²) in [5.41, 5.74) is 1.24. The maximum atomic E-state index is 4.17.